The van der Waals surface area contributed by atoms with Crippen LogP contribution >= 0.6 is 0 Å². The van der Waals surface area contributed by atoms with E-state index in [9.17, 15) is 20.1 Å². The second kappa shape index (κ2) is 14.6. The number of hydrogen-bond acceptors (Lipinski definition) is 8. The van der Waals surface area contributed by atoms with Gasteiger partial charge in [0.15, 0.2) is 11.5 Å². The molecule has 6 rings (SSSR count). The molecule has 4 aliphatic rings. The minimum atomic E-state index is -0.837. The molecule has 2 saturated carbocycles. The number of carbonyl (C=O) groups excluding carboxylic acids is 1. The maximum absolute atomic E-state index is 12.5. The number of nitrogens with one attached hydrogen (secondary N) is 1. The fourth-order valence-corrected chi connectivity index (χ4v) is 8.70. The van der Waals surface area contributed by atoms with Gasteiger partial charge in [-0.3, -0.25) is 14.7 Å². The number of carbonyl (C=O) groups is 1. The van der Waals surface area contributed by atoms with E-state index in [4.69, 9.17) is 21.2 Å². The molecular formula is C39H53N4O5+. The van der Waals surface area contributed by atoms with Crippen LogP contribution in [0.15, 0.2) is 71.0 Å². The van der Waals surface area contributed by atoms with Crippen molar-refractivity contribution in [3.05, 3.63) is 82.7 Å². The molecule has 0 saturated heterocycles. The first kappa shape index (κ1) is 34.5. The first-order valence-corrected chi connectivity index (χ1v) is 17.9. The Morgan fingerprint density at radius 1 is 1.06 bits per heavy atom. The number of aliphatic hydroxyl groups excluding tert-OH is 2. The van der Waals surface area contributed by atoms with Gasteiger partial charge in [-0.05, 0) is 91.2 Å². The van der Waals surface area contributed by atoms with Crippen LogP contribution in [0, 0.1) is 5.41 Å². The van der Waals surface area contributed by atoms with Crippen molar-refractivity contribution in [2.24, 2.45) is 21.9 Å². The van der Waals surface area contributed by atoms with E-state index in [0.29, 0.717) is 37.3 Å². The van der Waals surface area contributed by atoms with Crippen molar-refractivity contribution >= 4 is 11.5 Å². The van der Waals surface area contributed by atoms with Crippen molar-refractivity contribution in [3.63, 3.8) is 0 Å². The maximum atomic E-state index is 12.5. The maximum Gasteiger partial charge on any atom is 0.227 e. The number of ether oxygens (including phenoxy) is 1. The summed E-state index contributed by atoms with van der Waals surface area (Å²) in [6, 6.07) is 13.7. The Morgan fingerprint density at radius 3 is 2.65 bits per heavy atom. The van der Waals surface area contributed by atoms with Crippen molar-refractivity contribution in [3.8, 4) is 11.5 Å². The minimum Gasteiger partial charge on any atom is -0.504 e. The van der Waals surface area contributed by atoms with Gasteiger partial charge in [0, 0.05) is 24.5 Å². The van der Waals surface area contributed by atoms with Crippen LogP contribution in [0.1, 0.15) is 107 Å². The summed E-state index contributed by atoms with van der Waals surface area (Å²) in [6.45, 7) is 3.01. The van der Waals surface area contributed by atoms with E-state index >= 15 is 0 Å². The zero-order valence-corrected chi connectivity index (χ0v) is 28.3. The van der Waals surface area contributed by atoms with Crippen LogP contribution in [0.3, 0.4) is 0 Å². The van der Waals surface area contributed by atoms with Crippen molar-refractivity contribution in [1.82, 2.24) is 0 Å². The molecule has 2 aromatic carbocycles. The highest BCUT2D eigenvalue weighted by Crippen LogP contribution is 2.62. The minimum absolute atomic E-state index is 0.0315. The molecule has 48 heavy (non-hydrogen) atoms. The quantitative estimate of drug-likeness (QED) is 0.157. The van der Waals surface area contributed by atoms with Gasteiger partial charge in [-0.2, -0.15) is 0 Å². The molecule has 1 unspecified atom stereocenters. The van der Waals surface area contributed by atoms with Crippen molar-refractivity contribution < 1.29 is 29.8 Å². The summed E-state index contributed by atoms with van der Waals surface area (Å²) in [5, 5.41) is 30.7. The summed E-state index contributed by atoms with van der Waals surface area (Å²) in [7, 11) is 0. The number of aryl methyl sites for hydroxylation is 1. The normalized spacial score (nSPS) is 24.0. The van der Waals surface area contributed by atoms with Crippen molar-refractivity contribution in [1.29, 1.82) is 0 Å². The van der Waals surface area contributed by atoms with Gasteiger partial charge in [-0.25, -0.2) is 0 Å². The Bertz CT molecular complexity index is 1580. The Hall–Kier alpha value is -3.34. The van der Waals surface area contributed by atoms with E-state index in [1.165, 1.54) is 48.8 Å². The van der Waals surface area contributed by atoms with Gasteiger partial charge < -0.3 is 31.5 Å². The summed E-state index contributed by atoms with van der Waals surface area (Å²) in [5.74, 6) is 0.385. The molecule has 2 aromatic rings. The number of aromatic hydroxyl groups is 1. The van der Waals surface area contributed by atoms with Crippen LogP contribution in [0.25, 0.3) is 0 Å². The fraction of sp³-hybridized carbons (Fsp3) is 0.538. The third-order valence-electron chi connectivity index (χ3n) is 11.2. The third kappa shape index (κ3) is 7.45. The molecule has 2 aliphatic heterocycles. The monoisotopic (exact) mass is 657 g/mol. The molecule has 0 bridgehead atoms. The second-order valence-electron chi connectivity index (χ2n) is 14.8. The number of phenolic OH excluding ortho intramolecular Hbond substituents is 1. The predicted octanol–water partition coefficient (Wildman–Crippen LogP) is 4.25. The van der Waals surface area contributed by atoms with E-state index in [0.717, 1.165) is 41.0 Å². The standard InChI is InChI=1S/C39H52N4O5/c1-2-6-29(44)19-31(46)20-30(45)11-9-26-10-12-35(47)36(17-26)48-25-43-22-32-33(21-42-34(32)23-43)39(16-15-38(24-39)13-3-4-14-38)28-8-5-7-27(18-28)37(40)41/h5,7-8,10,12,17-18,21-22,29,31,37,44,46-47H,2-4,6,9,11,13-16,19-20,23-25,40-41H2,1H3/p+1/t29-,31+,39+/m0/s1. The summed E-state index contributed by atoms with van der Waals surface area (Å²) < 4.78 is 6.17. The van der Waals surface area contributed by atoms with E-state index in [-0.39, 0.29) is 36.2 Å². The van der Waals surface area contributed by atoms with Crippen LogP contribution in [0.2, 0.25) is 0 Å². The molecule has 4 atom stereocenters. The number of nitrogens with zero attached hydrogens (tertiary/aromatic N) is 1. The summed E-state index contributed by atoms with van der Waals surface area (Å²) in [4.78, 5) is 18.6. The lowest BCUT2D eigenvalue weighted by atomic mass is 9.68. The number of ketones is 1. The summed E-state index contributed by atoms with van der Waals surface area (Å²) in [6.07, 6.45) is 13.4. The van der Waals surface area contributed by atoms with Crippen molar-refractivity contribution in [2.45, 2.75) is 114 Å². The number of Topliss-reactive ketones (excluding diaryl/α,β-unsaturated/α-hetero) is 1. The first-order valence-electron chi connectivity index (χ1n) is 17.9. The smallest absolute Gasteiger partial charge is 0.227 e. The molecule has 1 spiro atoms. The highest BCUT2D eigenvalue weighted by atomic mass is 16.5. The van der Waals surface area contributed by atoms with Crippen LogP contribution in [0.4, 0.5) is 0 Å². The molecular weight excluding hydrogens is 604 g/mol. The number of aliphatic hydroxyl groups is 2. The Morgan fingerprint density at radius 2 is 1.88 bits per heavy atom. The van der Waals surface area contributed by atoms with Gasteiger partial charge in [-0.1, -0.05) is 56.5 Å². The third-order valence-corrected chi connectivity index (χ3v) is 11.2. The Balaban J connectivity index is 1.11. The van der Waals surface area contributed by atoms with E-state index in [1.807, 2.05) is 13.0 Å². The number of benzene rings is 2. The highest BCUT2D eigenvalue weighted by Gasteiger charge is 2.54. The van der Waals surface area contributed by atoms with Crippen LogP contribution in [-0.2, 0) is 16.6 Å². The second-order valence-corrected chi connectivity index (χ2v) is 14.8. The number of aliphatic imine (C=N–C) groups is 1. The molecule has 8 N–H and O–H groups in total. The van der Waals surface area contributed by atoms with Gasteiger partial charge in [0.1, 0.15) is 24.2 Å². The Labute approximate surface area is 284 Å². The largest absolute Gasteiger partial charge is 0.504 e. The molecule has 0 amide bonds. The number of hydrogen-bond donors (Lipinski definition) is 6. The van der Waals surface area contributed by atoms with Gasteiger partial charge in [-0.15, -0.1) is 0 Å². The van der Waals surface area contributed by atoms with Crippen LogP contribution in [0.5, 0.6) is 11.5 Å². The number of rotatable bonds is 15. The molecule has 2 fully saturated rings. The number of fused-ring (bicyclic) bond motifs is 1. The average molecular weight is 658 g/mol. The average Bonchev–Trinajstić information content (AvgIpc) is 3.85. The summed E-state index contributed by atoms with van der Waals surface area (Å²) >= 11 is 0. The van der Waals surface area contributed by atoms with E-state index in [1.54, 1.807) is 18.2 Å². The molecule has 2 aliphatic carbocycles. The SMILES string of the molecule is CCC[C@H](O)C[C@@H](O)CC(=O)CCc1ccc(O)c(OC[NH+]2C=C3C([C@]4(c5cccc(C(N)N)c5)CCC5(CCCC5)C4)=CN=C3C2)c1. The Kier molecular flexibility index (Phi) is 10.5. The zero-order valence-electron chi connectivity index (χ0n) is 28.3. The molecule has 0 aromatic heterocycles. The van der Waals surface area contributed by atoms with Gasteiger partial charge >= 0.3 is 0 Å². The van der Waals surface area contributed by atoms with Crippen molar-refractivity contribution in [2.75, 3.05) is 13.3 Å². The number of quaternary nitrogens is 1. The number of nitrogens with two attached hydrogens (primary N) is 2. The molecule has 9 nitrogen and oxygen atoms in total. The van der Waals surface area contributed by atoms with Gasteiger partial charge in [0.2, 0.25) is 6.73 Å². The number of phenols is 1. The van der Waals surface area contributed by atoms with E-state index < -0.39 is 18.4 Å². The molecule has 2 heterocycles. The molecule has 0 radical (unpaired) electrons. The highest BCUT2D eigenvalue weighted by molar-refractivity contribution is 6.08. The van der Waals surface area contributed by atoms with Gasteiger partial charge in [0.05, 0.1) is 23.9 Å². The van der Waals surface area contributed by atoms with E-state index in [2.05, 4.69) is 30.6 Å². The van der Waals surface area contributed by atoms with Crippen LogP contribution in [-0.4, -0.2) is 52.3 Å². The lowest BCUT2D eigenvalue weighted by molar-refractivity contribution is -0.851. The zero-order chi connectivity index (χ0) is 33.9. The lowest BCUT2D eigenvalue weighted by Crippen LogP contribution is -3.07. The first-order chi connectivity index (χ1) is 23.1. The van der Waals surface area contributed by atoms with Crippen LogP contribution < -0.4 is 21.1 Å². The topological polar surface area (TPSA) is 156 Å². The number of allylic oxidation sites excluding steroid dienone is 1. The lowest BCUT2D eigenvalue weighted by Gasteiger charge is -2.35. The fourth-order valence-electron chi connectivity index (χ4n) is 8.70. The summed E-state index contributed by atoms with van der Waals surface area (Å²) in [5.41, 5.74) is 19.2. The molecule has 258 valence electrons. The molecule has 9 heteroatoms. The predicted molar refractivity (Wildman–Crippen MR) is 187 cm³/mol. The van der Waals surface area contributed by atoms with Gasteiger partial charge in [0.25, 0.3) is 0 Å².